The molecular formula is C30H29F3N10. The molecule has 0 amide bonds. The second-order valence-corrected chi connectivity index (χ2v) is 12.1. The Morgan fingerprint density at radius 3 is 2.53 bits per heavy atom. The van der Waals surface area contributed by atoms with Gasteiger partial charge in [0.15, 0.2) is 5.54 Å². The summed E-state index contributed by atoms with van der Waals surface area (Å²) in [7, 11) is 0. The molecule has 1 aliphatic carbocycles. The van der Waals surface area contributed by atoms with Crippen LogP contribution in [-0.4, -0.2) is 37.6 Å². The molecule has 4 N–H and O–H groups in total. The highest BCUT2D eigenvalue weighted by atomic mass is 19.4. The predicted molar refractivity (Wildman–Crippen MR) is 155 cm³/mol. The fraction of sp³-hybridized carbons (Fsp3) is 0.333. The van der Waals surface area contributed by atoms with Gasteiger partial charge in [-0.05, 0) is 42.0 Å². The number of hydrogen-bond acceptors (Lipinski definition) is 9. The number of nitrogens with one attached hydrogen (secondary N) is 4. The van der Waals surface area contributed by atoms with E-state index < -0.39 is 17.8 Å². The average molecular weight is 587 g/mol. The van der Waals surface area contributed by atoms with Gasteiger partial charge in [0.2, 0.25) is 0 Å². The monoisotopic (exact) mass is 586 g/mol. The zero-order valence-corrected chi connectivity index (χ0v) is 23.7. The van der Waals surface area contributed by atoms with Crippen LogP contribution in [-0.2, 0) is 0 Å². The van der Waals surface area contributed by atoms with Crippen molar-refractivity contribution in [3.05, 3.63) is 77.6 Å². The number of fused-ring (bicyclic) bond motifs is 2. The summed E-state index contributed by atoms with van der Waals surface area (Å²) in [6.45, 7) is 6.76. The quantitative estimate of drug-likeness (QED) is 0.222. The van der Waals surface area contributed by atoms with Crippen molar-refractivity contribution in [2.75, 3.05) is 17.2 Å². The minimum Gasteiger partial charge on any atom is -0.383 e. The van der Waals surface area contributed by atoms with E-state index in [-0.39, 0.29) is 23.8 Å². The third kappa shape index (κ3) is 5.13. The number of rotatable bonds is 7. The van der Waals surface area contributed by atoms with Crippen LogP contribution in [0.4, 0.5) is 24.5 Å². The van der Waals surface area contributed by atoms with Crippen molar-refractivity contribution in [2.45, 2.75) is 51.4 Å². The van der Waals surface area contributed by atoms with E-state index in [0.717, 1.165) is 10.6 Å². The van der Waals surface area contributed by atoms with Crippen LogP contribution in [0.2, 0.25) is 0 Å². The van der Waals surface area contributed by atoms with Gasteiger partial charge >= 0.3 is 6.18 Å². The van der Waals surface area contributed by atoms with Gasteiger partial charge in [0.25, 0.3) is 0 Å². The Labute approximate surface area is 245 Å². The first kappa shape index (κ1) is 28.1. The number of halogens is 3. The molecule has 0 bridgehead atoms. The second-order valence-electron chi connectivity index (χ2n) is 12.1. The number of benzene rings is 1. The molecule has 6 rings (SSSR count). The van der Waals surface area contributed by atoms with E-state index in [9.17, 15) is 23.7 Å². The molecule has 3 aromatic heterocycles. The Morgan fingerprint density at radius 2 is 1.86 bits per heavy atom. The highest BCUT2D eigenvalue weighted by Gasteiger charge is 2.67. The lowest BCUT2D eigenvalue weighted by molar-refractivity contribution is -0.195. The number of pyridine rings is 2. The van der Waals surface area contributed by atoms with E-state index in [4.69, 9.17) is 0 Å². The molecule has 1 aliphatic heterocycles. The molecule has 0 spiro atoms. The maximum atomic E-state index is 13.9. The zero-order chi connectivity index (χ0) is 30.6. The van der Waals surface area contributed by atoms with Crippen LogP contribution in [0, 0.1) is 28.1 Å². The van der Waals surface area contributed by atoms with Crippen molar-refractivity contribution in [3.63, 3.8) is 0 Å². The van der Waals surface area contributed by atoms with E-state index in [2.05, 4.69) is 64.5 Å². The third-order valence-corrected chi connectivity index (χ3v) is 7.68. The highest BCUT2D eigenvalue weighted by molar-refractivity contribution is 5.99. The van der Waals surface area contributed by atoms with Gasteiger partial charge < -0.3 is 20.5 Å². The Morgan fingerprint density at radius 1 is 1.09 bits per heavy atom. The molecule has 10 nitrogen and oxygen atoms in total. The van der Waals surface area contributed by atoms with Gasteiger partial charge in [0.05, 0.1) is 34.1 Å². The maximum absolute atomic E-state index is 13.9. The number of imidazole rings is 1. The molecule has 0 radical (unpaired) electrons. The summed E-state index contributed by atoms with van der Waals surface area (Å²) in [5.41, 5.74) is 7.60. The molecule has 1 saturated carbocycles. The number of hydrazine groups is 2. The van der Waals surface area contributed by atoms with Gasteiger partial charge in [-0.1, -0.05) is 26.8 Å². The largest absolute Gasteiger partial charge is 0.413 e. The van der Waals surface area contributed by atoms with Gasteiger partial charge in [-0.3, -0.25) is 9.99 Å². The molecule has 1 fully saturated rings. The Bertz CT molecular complexity index is 1830. The Hall–Kier alpha value is -5.01. The first-order valence-corrected chi connectivity index (χ1v) is 13.7. The van der Waals surface area contributed by atoms with Gasteiger partial charge in [0.1, 0.15) is 17.8 Å². The lowest BCUT2D eigenvalue weighted by Gasteiger charge is -2.28. The number of aromatic nitrogens is 3. The normalized spacial score (nSPS) is 16.7. The molecule has 4 heterocycles. The lowest BCUT2D eigenvalue weighted by Crippen LogP contribution is -2.52. The van der Waals surface area contributed by atoms with Crippen molar-refractivity contribution in [1.82, 2.24) is 30.3 Å². The smallest absolute Gasteiger partial charge is 0.383 e. The number of hydrogen-bond donors (Lipinski definition) is 4. The molecule has 220 valence electrons. The number of anilines is 2. The minimum absolute atomic E-state index is 0.0111. The number of nitrogens with zero attached hydrogens (tertiary/aromatic N) is 6. The molecule has 4 aromatic rings. The van der Waals surface area contributed by atoms with Crippen LogP contribution in [0.15, 0.2) is 60.9 Å². The van der Waals surface area contributed by atoms with Gasteiger partial charge in [-0.2, -0.15) is 23.7 Å². The summed E-state index contributed by atoms with van der Waals surface area (Å²) in [4.78, 5) is 8.70. The summed E-state index contributed by atoms with van der Waals surface area (Å²) in [6.07, 6.45) is 3.75. The van der Waals surface area contributed by atoms with E-state index in [1.54, 1.807) is 24.5 Å². The van der Waals surface area contributed by atoms with Gasteiger partial charge in [-0.25, -0.2) is 4.98 Å². The summed E-state index contributed by atoms with van der Waals surface area (Å²) in [5.74, 6) is 0. The Kier molecular flexibility index (Phi) is 6.58. The Balaban J connectivity index is 1.45. The summed E-state index contributed by atoms with van der Waals surface area (Å²) in [5, 5.41) is 28.3. The average Bonchev–Trinajstić information content (AvgIpc) is 3.42. The number of nitriles is 2. The van der Waals surface area contributed by atoms with Gasteiger partial charge in [0, 0.05) is 48.6 Å². The summed E-state index contributed by atoms with van der Waals surface area (Å²) >= 11 is 0. The molecular weight excluding hydrogens is 557 g/mol. The van der Waals surface area contributed by atoms with E-state index in [0.29, 0.717) is 45.7 Å². The fourth-order valence-electron chi connectivity index (χ4n) is 5.20. The first-order chi connectivity index (χ1) is 20.4. The van der Waals surface area contributed by atoms with E-state index >= 15 is 0 Å². The standard InChI is InChI=1S/C30H29F3N10/c1-28(2,3)17-38-26-20(13-35)14-37-25-19(12-34)10-21(11-22(25)26)39-27(18-4-5-24-36-8-9-42(24)15-18)23-16-43(41-40-23)29(6-7-29)30(31,32)33/h4-5,8-11,14-16,27,39-41H,6-7,17H2,1-3H3,(H,37,38)/t27-/m0/s1. The first-order valence-electron chi connectivity index (χ1n) is 13.7. The van der Waals surface area contributed by atoms with Crippen molar-refractivity contribution in [2.24, 2.45) is 5.41 Å². The third-order valence-electron chi connectivity index (χ3n) is 7.68. The van der Waals surface area contributed by atoms with Crippen LogP contribution < -0.4 is 21.6 Å². The SMILES string of the molecule is CC(C)(C)CNc1c(C#N)cnc2c(C#N)cc(N[C@H](C3=CN(C4(C(F)(F)F)CC4)NN3)c3ccc4nccn4c3)cc12. The van der Waals surface area contributed by atoms with Crippen LogP contribution in [0.1, 0.15) is 56.3 Å². The zero-order valence-electron chi connectivity index (χ0n) is 23.7. The molecule has 0 saturated heterocycles. The van der Waals surface area contributed by atoms with Crippen LogP contribution in [0.5, 0.6) is 0 Å². The number of alkyl halides is 3. The molecule has 43 heavy (non-hydrogen) atoms. The van der Waals surface area contributed by atoms with Gasteiger partial charge in [-0.15, -0.1) is 5.53 Å². The molecule has 0 unspecified atom stereocenters. The summed E-state index contributed by atoms with van der Waals surface area (Å²) in [6, 6.07) is 10.8. The molecule has 13 heteroatoms. The van der Waals surface area contributed by atoms with Crippen molar-refractivity contribution in [3.8, 4) is 12.1 Å². The van der Waals surface area contributed by atoms with Crippen molar-refractivity contribution < 1.29 is 13.2 Å². The van der Waals surface area contributed by atoms with E-state index in [1.807, 2.05) is 22.7 Å². The molecule has 1 atom stereocenters. The fourth-order valence-corrected chi connectivity index (χ4v) is 5.20. The van der Waals surface area contributed by atoms with Crippen molar-refractivity contribution >= 4 is 27.9 Å². The van der Waals surface area contributed by atoms with Crippen molar-refractivity contribution in [1.29, 1.82) is 10.5 Å². The molecule has 2 aliphatic rings. The predicted octanol–water partition coefficient (Wildman–Crippen LogP) is 5.50. The van der Waals surface area contributed by atoms with Crippen LogP contribution in [0.3, 0.4) is 0 Å². The second kappa shape index (κ2) is 10.1. The minimum atomic E-state index is -4.41. The summed E-state index contributed by atoms with van der Waals surface area (Å²) < 4.78 is 43.6. The van der Waals surface area contributed by atoms with Crippen LogP contribution in [0.25, 0.3) is 16.6 Å². The maximum Gasteiger partial charge on any atom is 0.413 e. The lowest BCUT2D eigenvalue weighted by atomic mass is 9.96. The topological polar surface area (TPSA) is 129 Å². The van der Waals surface area contributed by atoms with Crippen LogP contribution >= 0.6 is 0 Å². The van der Waals surface area contributed by atoms with E-state index in [1.165, 1.54) is 12.4 Å². The molecule has 1 aromatic carbocycles. The highest BCUT2D eigenvalue weighted by Crippen LogP contribution is 2.53.